The first-order valence-corrected chi connectivity index (χ1v) is 12.9. The Kier molecular flexibility index (Phi) is 11.2. The zero-order chi connectivity index (χ0) is 27.2. The van der Waals surface area contributed by atoms with Gasteiger partial charge in [0.25, 0.3) is 0 Å². The van der Waals surface area contributed by atoms with Gasteiger partial charge in [0.1, 0.15) is 17.6 Å². The van der Waals surface area contributed by atoms with Crippen LogP contribution in [0.15, 0.2) is 82.9 Å². The number of allylic oxidation sites excluding steroid dienone is 2. The second kappa shape index (κ2) is 15.1. The summed E-state index contributed by atoms with van der Waals surface area (Å²) in [4.78, 5) is 12.4. The Labute approximate surface area is 224 Å². The average Bonchev–Trinajstić information content (AvgIpc) is 2.92. The van der Waals surface area contributed by atoms with E-state index in [-0.39, 0.29) is 18.6 Å². The third kappa shape index (κ3) is 9.30. The van der Waals surface area contributed by atoms with Crippen molar-refractivity contribution >= 4 is 17.9 Å². The molecule has 0 fully saturated rings. The number of unbranched alkanes of at least 4 members (excludes halogenated alkanes) is 3. The van der Waals surface area contributed by atoms with Crippen molar-refractivity contribution in [1.82, 2.24) is 15.6 Å². The van der Waals surface area contributed by atoms with Crippen molar-refractivity contribution in [2.45, 2.75) is 39.5 Å². The van der Waals surface area contributed by atoms with Crippen molar-refractivity contribution in [1.29, 1.82) is 5.26 Å². The van der Waals surface area contributed by atoms with E-state index in [1.807, 2.05) is 68.4 Å². The SMILES string of the molecule is CC(C)/C(=C\N1CC(Nc2ccc(Oc3ccccc3)cc2)=C(C#N)C=N1)NC(=O)NCCCCCCO. The second-order valence-corrected chi connectivity index (χ2v) is 9.17. The summed E-state index contributed by atoms with van der Waals surface area (Å²) in [6.07, 6.45) is 6.86. The van der Waals surface area contributed by atoms with E-state index < -0.39 is 0 Å². The quantitative estimate of drug-likeness (QED) is 0.267. The van der Waals surface area contributed by atoms with Crippen LogP contribution in [0.2, 0.25) is 0 Å². The lowest BCUT2D eigenvalue weighted by atomic mass is 10.1. The van der Waals surface area contributed by atoms with E-state index in [9.17, 15) is 10.1 Å². The van der Waals surface area contributed by atoms with Crippen LogP contribution in [0.1, 0.15) is 39.5 Å². The van der Waals surface area contributed by atoms with Gasteiger partial charge in [-0.3, -0.25) is 5.01 Å². The predicted octanol–water partition coefficient (Wildman–Crippen LogP) is 5.32. The first kappa shape index (κ1) is 28.3. The highest BCUT2D eigenvalue weighted by Gasteiger charge is 2.17. The Morgan fingerprint density at radius 1 is 1.11 bits per heavy atom. The van der Waals surface area contributed by atoms with E-state index in [1.165, 1.54) is 6.21 Å². The summed E-state index contributed by atoms with van der Waals surface area (Å²) >= 11 is 0. The van der Waals surface area contributed by atoms with Gasteiger partial charge < -0.3 is 25.8 Å². The van der Waals surface area contributed by atoms with E-state index in [4.69, 9.17) is 9.84 Å². The lowest BCUT2D eigenvalue weighted by molar-refractivity contribution is 0.241. The lowest BCUT2D eigenvalue weighted by Crippen LogP contribution is -2.37. The standard InChI is InChI=1S/C29H36N6O3/c1-22(2)27(34-29(37)31-16-8-3-4-9-17-36)20-35-21-28(23(18-30)19-32-35)33-24-12-14-26(15-13-24)38-25-10-6-5-7-11-25/h5-7,10-15,19-20,22,33,36H,3-4,8-9,16-17,21H2,1-2H3,(H2,31,34,37)/b27-20+. The molecule has 1 aliphatic rings. The molecule has 0 atom stereocenters. The number of nitriles is 1. The van der Waals surface area contributed by atoms with Gasteiger partial charge in [0.05, 0.1) is 24.0 Å². The number of aliphatic hydroxyl groups is 1. The Hall–Kier alpha value is -4.29. The summed E-state index contributed by atoms with van der Waals surface area (Å²) < 4.78 is 5.85. The molecule has 0 saturated carbocycles. The van der Waals surface area contributed by atoms with Crippen molar-refractivity contribution in [3.05, 3.63) is 77.8 Å². The van der Waals surface area contributed by atoms with Gasteiger partial charge in [-0.25, -0.2) is 4.79 Å². The minimum absolute atomic E-state index is 0.0513. The maximum atomic E-state index is 12.4. The number of nitrogens with zero attached hydrogens (tertiary/aromatic N) is 3. The highest BCUT2D eigenvalue weighted by atomic mass is 16.5. The number of para-hydroxylation sites is 1. The number of nitrogens with one attached hydrogen (secondary N) is 3. The van der Waals surface area contributed by atoms with Crippen LogP contribution in [0.5, 0.6) is 11.5 Å². The Balaban J connectivity index is 1.58. The number of rotatable bonds is 13. The molecular weight excluding hydrogens is 480 g/mol. The first-order valence-electron chi connectivity index (χ1n) is 12.9. The smallest absolute Gasteiger partial charge is 0.319 e. The molecule has 0 aromatic heterocycles. The Bertz CT molecular complexity index is 1170. The van der Waals surface area contributed by atoms with E-state index in [0.717, 1.165) is 37.1 Å². The van der Waals surface area contributed by atoms with Crippen molar-refractivity contribution in [2.24, 2.45) is 11.0 Å². The van der Waals surface area contributed by atoms with Crippen LogP contribution in [0.3, 0.4) is 0 Å². The third-order valence-electron chi connectivity index (χ3n) is 5.77. The van der Waals surface area contributed by atoms with Crippen LogP contribution >= 0.6 is 0 Å². The summed E-state index contributed by atoms with van der Waals surface area (Å²) in [6.45, 7) is 5.09. The molecule has 4 N–H and O–H groups in total. The zero-order valence-electron chi connectivity index (χ0n) is 22.0. The monoisotopic (exact) mass is 516 g/mol. The molecule has 0 unspecified atom stereocenters. The zero-order valence-corrected chi connectivity index (χ0v) is 22.0. The molecule has 1 aliphatic heterocycles. The Morgan fingerprint density at radius 3 is 2.50 bits per heavy atom. The molecule has 38 heavy (non-hydrogen) atoms. The van der Waals surface area contributed by atoms with Gasteiger partial charge in [-0.1, -0.05) is 44.9 Å². The number of aliphatic hydroxyl groups excluding tert-OH is 1. The first-order chi connectivity index (χ1) is 18.5. The Morgan fingerprint density at radius 2 is 1.82 bits per heavy atom. The number of hydrogen-bond donors (Lipinski definition) is 4. The van der Waals surface area contributed by atoms with Crippen LogP contribution < -0.4 is 20.7 Å². The van der Waals surface area contributed by atoms with Gasteiger partial charge in [-0.2, -0.15) is 10.4 Å². The second-order valence-electron chi connectivity index (χ2n) is 9.17. The van der Waals surface area contributed by atoms with Gasteiger partial charge in [0.2, 0.25) is 0 Å². The number of benzene rings is 2. The molecule has 2 aromatic carbocycles. The molecule has 2 aromatic rings. The molecule has 0 spiro atoms. The van der Waals surface area contributed by atoms with Crippen molar-refractivity contribution in [2.75, 3.05) is 25.0 Å². The number of urea groups is 1. The summed E-state index contributed by atoms with van der Waals surface area (Å²) in [5.74, 6) is 1.52. The fourth-order valence-corrected chi connectivity index (χ4v) is 3.64. The lowest BCUT2D eigenvalue weighted by Gasteiger charge is -2.24. The number of ether oxygens (including phenoxy) is 1. The topological polar surface area (TPSA) is 122 Å². The van der Waals surface area contributed by atoms with Crippen LogP contribution in [-0.4, -0.2) is 42.1 Å². The molecule has 2 amide bonds. The van der Waals surface area contributed by atoms with Crippen molar-refractivity contribution in [3.8, 4) is 17.6 Å². The number of carbonyl (C=O) groups excluding carboxylic acids is 1. The summed E-state index contributed by atoms with van der Waals surface area (Å²) in [6, 6.07) is 19.0. The van der Waals surface area contributed by atoms with Gasteiger partial charge in [0.15, 0.2) is 0 Å². The van der Waals surface area contributed by atoms with E-state index >= 15 is 0 Å². The molecule has 1 heterocycles. The maximum absolute atomic E-state index is 12.4. The minimum atomic E-state index is -0.266. The number of hydrazone groups is 1. The molecule has 9 nitrogen and oxygen atoms in total. The van der Waals surface area contributed by atoms with Gasteiger partial charge >= 0.3 is 6.03 Å². The molecule has 0 bridgehead atoms. The molecular formula is C29H36N6O3. The summed E-state index contributed by atoms with van der Waals surface area (Å²) in [7, 11) is 0. The number of amides is 2. The van der Waals surface area contributed by atoms with Gasteiger partial charge in [-0.05, 0) is 55.2 Å². The third-order valence-corrected chi connectivity index (χ3v) is 5.77. The van der Waals surface area contributed by atoms with Crippen LogP contribution in [0.4, 0.5) is 10.5 Å². The van der Waals surface area contributed by atoms with Crippen molar-refractivity contribution in [3.63, 3.8) is 0 Å². The molecule has 0 aliphatic carbocycles. The summed E-state index contributed by atoms with van der Waals surface area (Å²) in [5, 5.41) is 33.6. The number of hydrogen-bond acceptors (Lipinski definition) is 7. The van der Waals surface area contributed by atoms with Crippen LogP contribution in [0, 0.1) is 17.2 Å². The van der Waals surface area contributed by atoms with E-state index in [0.29, 0.717) is 35.8 Å². The summed E-state index contributed by atoms with van der Waals surface area (Å²) in [5.41, 5.74) is 2.67. The predicted molar refractivity (Wildman–Crippen MR) is 149 cm³/mol. The highest BCUT2D eigenvalue weighted by molar-refractivity contribution is 5.86. The minimum Gasteiger partial charge on any atom is -0.457 e. The van der Waals surface area contributed by atoms with E-state index in [1.54, 1.807) is 11.2 Å². The highest BCUT2D eigenvalue weighted by Crippen LogP contribution is 2.24. The largest absolute Gasteiger partial charge is 0.457 e. The number of anilines is 1. The van der Waals surface area contributed by atoms with Crippen LogP contribution in [-0.2, 0) is 0 Å². The van der Waals surface area contributed by atoms with Crippen LogP contribution in [0.25, 0.3) is 0 Å². The van der Waals surface area contributed by atoms with Gasteiger partial charge in [0, 0.05) is 30.7 Å². The molecule has 200 valence electrons. The van der Waals surface area contributed by atoms with Crippen molar-refractivity contribution < 1.29 is 14.6 Å². The molecule has 0 saturated heterocycles. The fourth-order valence-electron chi connectivity index (χ4n) is 3.64. The normalized spacial score (nSPS) is 13.3. The molecule has 3 rings (SSSR count). The maximum Gasteiger partial charge on any atom is 0.319 e. The molecule has 0 radical (unpaired) electrons. The fraction of sp³-hybridized carbons (Fsp3) is 0.345. The van der Waals surface area contributed by atoms with Gasteiger partial charge in [-0.15, -0.1) is 0 Å². The molecule has 9 heteroatoms. The average molecular weight is 517 g/mol. The number of carbonyl (C=O) groups is 1. The van der Waals surface area contributed by atoms with E-state index in [2.05, 4.69) is 27.1 Å².